The molecule has 3 atom stereocenters. The van der Waals surface area contributed by atoms with Crippen LogP contribution >= 0.6 is 0 Å². The van der Waals surface area contributed by atoms with Gasteiger partial charge in [-0.1, -0.05) is 24.3 Å². The van der Waals surface area contributed by atoms with Crippen LogP contribution in [0, 0.1) is 5.92 Å². The molecule has 8 heteroatoms. The fourth-order valence-electron chi connectivity index (χ4n) is 5.50. The number of carbonyl (C=O) groups excluding carboxylic acids is 3. The molecule has 0 unspecified atom stereocenters. The maximum Gasteiger partial charge on any atom is 0.336 e. The minimum atomic E-state index is -1.07. The minimum absolute atomic E-state index is 0.153. The first kappa shape index (κ1) is 28.0. The van der Waals surface area contributed by atoms with Gasteiger partial charge in [-0.05, 0) is 62.6 Å². The van der Waals surface area contributed by atoms with Crippen LogP contribution in [0.4, 0.5) is 5.69 Å². The summed E-state index contributed by atoms with van der Waals surface area (Å²) >= 11 is 0. The van der Waals surface area contributed by atoms with Crippen molar-refractivity contribution in [2.45, 2.75) is 39.0 Å². The first-order valence-corrected chi connectivity index (χ1v) is 13.2. The van der Waals surface area contributed by atoms with Crippen LogP contribution in [0.3, 0.4) is 0 Å². The number of nitrogens with zero attached hydrogens (tertiary/aromatic N) is 1. The number of rotatable bonds is 8. The van der Waals surface area contributed by atoms with Gasteiger partial charge in [-0.25, -0.2) is 4.79 Å². The molecule has 2 aliphatic rings. The smallest absolute Gasteiger partial charge is 0.336 e. The van der Waals surface area contributed by atoms with Crippen molar-refractivity contribution >= 4 is 23.4 Å². The van der Waals surface area contributed by atoms with Gasteiger partial charge < -0.3 is 24.4 Å². The van der Waals surface area contributed by atoms with Gasteiger partial charge in [-0.15, -0.1) is 0 Å². The highest BCUT2D eigenvalue weighted by molar-refractivity contribution is 6.13. The average molecular weight is 533 g/mol. The van der Waals surface area contributed by atoms with Crippen molar-refractivity contribution in [3.05, 3.63) is 82.2 Å². The van der Waals surface area contributed by atoms with Gasteiger partial charge in [-0.2, -0.15) is 0 Å². The van der Waals surface area contributed by atoms with E-state index in [2.05, 4.69) is 5.32 Å². The quantitative estimate of drug-likeness (QED) is 0.393. The molecule has 0 saturated carbocycles. The summed E-state index contributed by atoms with van der Waals surface area (Å²) in [6.07, 6.45) is 0.386. The lowest BCUT2D eigenvalue weighted by Crippen LogP contribution is -2.43. The molecule has 1 aliphatic carbocycles. The Hall–Kier alpha value is -4.07. The summed E-state index contributed by atoms with van der Waals surface area (Å²) in [6.45, 7) is 5.64. The van der Waals surface area contributed by atoms with E-state index in [1.165, 1.54) is 0 Å². The molecule has 2 aromatic carbocycles. The third-order valence-corrected chi connectivity index (χ3v) is 7.32. The highest BCUT2D eigenvalue weighted by Gasteiger charge is 2.49. The number of hydrogen-bond donors (Lipinski definition) is 1. The number of ketones is 1. The van der Waals surface area contributed by atoms with Gasteiger partial charge in [0.25, 0.3) is 0 Å². The van der Waals surface area contributed by atoms with Gasteiger partial charge in [0.05, 0.1) is 25.9 Å². The summed E-state index contributed by atoms with van der Waals surface area (Å²) in [5.74, 6) is -3.01. The molecule has 39 heavy (non-hydrogen) atoms. The molecule has 0 spiro atoms. The Labute approximate surface area is 229 Å². The van der Waals surface area contributed by atoms with Crippen molar-refractivity contribution in [1.82, 2.24) is 5.32 Å². The lowest BCUT2D eigenvalue weighted by atomic mass is 9.67. The minimum Gasteiger partial charge on any atom is -0.497 e. The number of anilines is 1. The van der Waals surface area contributed by atoms with Gasteiger partial charge in [0.1, 0.15) is 11.7 Å². The van der Waals surface area contributed by atoms with E-state index in [1.807, 2.05) is 74.4 Å². The summed E-state index contributed by atoms with van der Waals surface area (Å²) in [5, 5.41) is 3.33. The highest BCUT2D eigenvalue weighted by atomic mass is 16.5. The normalized spacial score (nSPS) is 20.7. The number of esters is 2. The molecule has 0 radical (unpaired) electrons. The van der Waals surface area contributed by atoms with Crippen LogP contribution in [-0.2, 0) is 23.9 Å². The number of ether oxygens (including phenoxy) is 3. The van der Waals surface area contributed by atoms with E-state index in [4.69, 9.17) is 14.2 Å². The molecular formula is C31H36N2O6. The van der Waals surface area contributed by atoms with Crippen LogP contribution in [0.25, 0.3) is 0 Å². The molecule has 0 bridgehead atoms. The second kappa shape index (κ2) is 11.8. The molecule has 0 saturated heterocycles. The summed E-state index contributed by atoms with van der Waals surface area (Å²) in [5.41, 5.74) is 4.65. The third kappa shape index (κ3) is 5.41. The molecule has 0 amide bonds. The number of methoxy groups -OCH3 is 1. The number of nitrogens with one attached hydrogen (secondary N) is 1. The SMILES string of the molecule is CCOC(=O)C1=C(C)NC2=C(C(=O)[C@H](C(=O)OCC)[C@@H](c3cccc(OC)c3)C2)[C@H]1c1ccc(N(C)C)cc1. The van der Waals surface area contributed by atoms with Gasteiger partial charge in [0, 0.05) is 48.6 Å². The molecule has 1 heterocycles. The average Bonchev–Trinajstić information content (AvgIpc) is 2.92. The number of dihydropyridines is 1. The fourth-order valence-corrected chi connectivity index (χ4v) is 5.50. The number of hydrogen-bond acceptors (Lipinski definition) is 8. The topological polar surface area (TPSA) is 94.2 Å². The van der Waals surface area contributed by atoms with Crippen molar-refractivity contribution < 1.29 is 28.6 Å². The fraction of sp³-hybridized carbons (Fsp3) is 0.387. The summed E-state index contributed by atoms with van der Waals surface area (Å²) in [6, 6.07) is 15.2. The standard InChI is InChI=1S/C31H36N2O6/c1-7-38-30(35)25-18(3)32-24-17-23(20-10-9-11-22(16-20)37-6)27(31(36)39-8-2)29(34)28(24)26(25)19-12-14-21(15-13-19)33(4)5/h9-16,23,26-27,32H,7-8,17H2,1-6H3/t23-,26+,27-/m1/s1. The summed E-state index contributed by atoms with van der Waals surface area (Å²) in [7, 11) is 5.47. The number of benzene rings is 2. The zero-order chi connectivity index (χ0) is 28.3. The number of allylic oxidation sites excluding steroid dienone is 3. The Morgan fingerprint density at radius 1 is 1.00 bits per heavy atom. The maximum atomic E-state index is 14.4. The molecular weight excluding hydrogens is 496 g/mol. The van der Waals surface area contributed by atoms with Gasteiger partial charge in [-0.3, -0.25) is 9.59 Å². The maximum absolute atomic E-state index is 14.4. The van der Waals surface area contributed by atoms with Gasteiger partial charge in [0.15, 0.2) is 5.78 Å². The van der Waals surface area contributed by atoms with Gasteiger partial charge in [0.2, 0.25) is 0 Å². The molecule has 0 fully saturated rings. The van der Waals surface area contributed by atoms with Crippen molar-refractivity contribution in [2.75, 3.05) is 39.3 Å². The Morgan fingerprint density at radius 3 is 2.31 bits per heavy atom. The van der Waals surface area contributed by atoms with Crippen LogP contribution in [0.5, 0.6) is 5.75 Å². The Morgan fingerprint density at radius 2 is 1.69 bits per heavy atom. The van der Waals surface area contributed by atoms with E-state index in [0.29, 0.717) is 34.7 Å². The summed E-state index contributed by atoms with van der Waals surface area (Å²) in [4.78, 5) is 43.0. The number of carbonyl (C=O) groups is 3. The Kier molecular flexibility index (Phi) is 8.43. The molecule has 0 aromatic heterocycles. The van der Waals surface area contributed by atoms with Crippen molar-refractivity contribution in [3.8, 4) is 5.75 Å². The largest absolute Gasteiger partial charge is 0.497 e. The molecule has 8 nitrogen and oxygen atoms in total. The van der Waals surface area contributed by atoms with Crippen molar-refractivity contribution in [1.29, 1.82) is 0 Å². The molecule has 1 N–H and O–H groups in total. The Bertz CT molecular complexity index is 1320. The lowest BCUT2D eigenvalue weighted by molar-refractivity contribution is -0.152. The zero-order valence-electron chi connectivity index (χ0n) is 23.4. The van der Waals surface area contributed by atoms with E-state index >= 15 is 0 Å². The monoisotopic (exact) mass is 532 g/mol. The lowest BCUT2D eigenvalue weighted by Gasteiger charge is -2.39. The summed E-state index contributed by atoms with van der Waals surface area (Å²) < 4.78 is 16.3. The molecule has 206 valence electrons. The van der Waals surface area contributed by atoms with E-state index in [-0.39, 0.29) is 19.0 Å². The predicted molar refractivity (Wildman–Crippen MR) is 148 cm³/mol. The molecule has 4 rings (SSSR count). The van der Waals surface area contributed by atoms with E-state index in [9.17, 15) is 14.4 Å². The van der Waals surface area contributed by atoms with E-state index < -0.39 is 29.7 Å². The van der Waals surface area contributed by atoms with Crippen LogP contribution in [0.2, 0.25) is 0 Å². The predicted octanol–water partition coefficient (Wildman–Crippen LogP) is 4.48. The van der Waals surface area contributed by atoms with Crippen molar-refractivity contribution in [3.63, 3.8) is 0 Å². The first-order valence-electron chi connectivity index (χ1n) is 13.2. The van der Waals surface area contributed by atoms with Crippen LogP contribution in [0.15, 0.2) is 71.1 Å². The first-order chi connectivity index (χ1) is 18.7. The van der Waals surface area contributed by atoms with Gasteiger partial charge >= 0.3 is 11.9 Å². The second-order valence-corrected chi connectivity index (χ2v) is 9.88. The molecule has 1 aliphatic heterocycles. The second-order valence-electron chi connectivity index (χ2n) is 9.88. The van der Waals surface area contributed by atoms with Crippen molar-refractivity contribution in [2.24, 2.45) is 5.92 Å². The zero-order valence-corrected chi connectivity index (χ0v) is 23.4. The molecule has 2 aromatic rings. The van der Waals surface area contributed by atoms with E-state index in [0.717, 1.165) is 16.8 Å². The van der Waals surface area contributed by atoms with Crippen LogP contribution < -0.4 is 15.0 Å². The van der Waals surface area contributed by atoms with Crippen LogP contribution in [0.1, 0.15) is 50.2 Å². The highest BCUT2D eigenvalue weighted by Crippen LogP contribution is 2.48. The third-order valence-electron chi connectivity index (χ3n) is 7.32. The Balaban J connectivity index is 1.89. The van der Waals surface area contributed by atoms with Crippen LogP contribution in [-0.4, -0.2) is 52.1 Å². The number of Topliss-reactive ketones (excluding diaryl/α,β-unsaturated/α-hetero) is 1. The van der Waals surface area contributed by atoms with E-state index in [1.54, 1.807) is 21.0 Å².